The zero-order valence-corrected chi connectivity index (χ0v) is 9.16. The molecule has 0 N–H and O–H groups in total. The van der Waals surface area contributed by atoms with Gasteiger partial charge >= 0.3 is 5.97 Å². The molecule has 2 aromatic heterocycles. The maximum absolute atomic E-state index is 11.9. The summed E-state index contributed by atoms with van der Waals surface area (Å²) >= 11 is 0. The molecule has 0 fully saturated rings. The molecule has 0 bridgehead atoms. The molecular weight excluding hydrogens is 220 g/mol. The molecule has 0 radical (unpaired) electrons. The summed E-state index contributed by atoms with van der Waals surface area (Å²) in [6.45, 7) is 0. The van der Waals surface area contributed by atoms with E-state index in [0.29, 0.717) is 11.2 Å². The predicted octanol–water partition coefficient (Wildman–Crippen LogP) is 0.881. The lowest BCUT2D eigenvalue weighted by Crippen LogP contribution is -2.16. The summed E-state index contributed by atoms with van der Waals surface area (Å²) in [5.74, 6) is -0.512. The third-order valence-electron chi connectivity index (χ3n) is 2.24. The van der Waals surface area contributed by atoms with E-state index in [1.54, 1.807) is 24.4 Å². The average molecular weight is 230 g/mol. The quantitative estimate of drug-likeness (QED) is 0.567. The van der Waals surface area contributed by atoms with Crippen LogP contribution in [0.5, 0.6) is 0 Å². The van der Waals surface area contributed by atoms with Crippen LogP contribution in [-0.2, 0) is 9.53 Å². The van der Waals surface area contributed by atoms with Gasteiger partial charge in [0.2, 0.25) is 0 Å². The van der Waals surface area contributed by atoms with Gasteiger partial charge in [-0.1, -0.05) is 6.07 Å². The van der Waals surface area contributed by atoms with Crippen molar-refractivity contribution in [2.24, 2.45) is 0 Å². The Balaban J connectivity index is 2.50. The molecule has 2 aromatic rings. The molecule has 2 rings (SSSR count). The lowest BCUT2D eigenvalue weighted by molar-refractivity contribution is -0.134. The molecule has 17 heavy (non-hydrogen) atoms. The number of fused-ring (bicyclic) bond motifs is 1. The van der Waals surface area contributed by atoms with Crippen LogP contribution in [-0.4, -0.2) is 22.5 Å². The highest BCUT2D eigenvalue weighted by atomic mass is 16.5. The second-order valence-corrected chi connectivity index (χ2v) is 3.30. The highest BCUT2D eigenvalue weighted by Crippen LogP contribution is 1.99. The maximum Gasteiger partial charge on any atom is 0.330 e. The van der Waals surface area contributed by atoms with Crippen molar-refractivity contribution in [3.63, 3.8) is 0 Å². The second kappa shape index (κ2) is 4.61. The Morgan fingerprint density at radius 2 is 2.29 bits per heavy atom. The molecule has 0 unspecified atom stereocenters. The summed E-state index contributed by atoms with van der Waals surface area (Å²) in [6.07, 6.45) is 5.63. The largest absolute Gasteiger partial charge is 0.466 e. The Morgan fingerprint density at radius 3 is 3.06 bits per heavy atom. The number of pyridine rings is 1. The number of hydrogen-bond acceptors (Lipinski definition) is 4. The standard InChI is InChI=1S/C12H10N2O3/c1-17-11(15)6-5-9-8-13-10-4-2-3-7-14(10)12(9)16/h2-8H,1H3/b6-5+. The molecule has 0 amide bonds. The molecule has 2 heterocycles. The maximum atomic E-state index is 11.9. The first-order valence-electron chi connectivity index (χ1n) is 4.95. The van der Waals surface area contributed by atoms with Crippen molar-refractivity contribution >= 4 is 17.7 Å². The molecule has 0 aliphatic carbocycles. The number of nitrogens with zero attached hydrogens (tertiary/aromatic N) is 2. The molecule has 0 aliphatic rings. The molecule has 0 saturated heterocycles. The Morgan fingerprint density at radius 1 is 1.47 bits per heavy atom. The van der Waals surface area contributed by atoms with E-state index in [1.807, 2.05) is 0 Å². The first kappa shape index (κ1) is 11.1. The molecule has 0 atom stereocenters. The first-order chi connectivity index (χ1) is 8.22. The fraction of sp³-hybridized carbons (Fsp3) is 0.0833. The van der Waals surface area contributed by atoms with Crippen LogP contribution in [0.4, 0.5) is 0 Å². The van der Waals surface area contributed by atoms with Crippen molar-refractivity contribution in [2.45, 2.75) is 0 Å². The van der Waals surface area contributed by atoms with Gasteiger partial charge in [-0.15, -0.1) is 0 Å². The lowest BCUT2D eigenvalue weighted by atomic mass is 10.3. The van der Waals surface area contributed by atoms with Gasteiger partial charge in [0, 0.05) is 18.5 Å². The van der Waals surface area contributed by atoms with Gasteiger partial charge < -0.3 is 4.74 Å². The average Bonchev–Trinajstić information content (AvgIpc) is 2.38. The first-order valence-corrected chi connectivity index (χ1v) is 4.95. The number of carbonyl (C=O) groups excluding carboxylic acids is 1. The van der Waals surface area contributed by atoms with Crippen molar-refractivity contribution in [1.29, 1.82) is 0 Å². The minimum absolute atomic E-state index is 0.226. The number of rotatable bonds is 2. The Kier molecular flexibility index (Phi) is 3.00. The SMILES string of the molecule is COC(=O)/C=C/c1cnc2ccccn2c1=O. The van der Waals surface area contributed by atoms with E-state index in [-0.39, 0.29) is 5.56 Å². The summed E-state index contributed by atoms with van der Waals surface area (Å²) in [7, 11) is 1.28. The monoisotopic (exact) mass is 230 g/mol. The molecule has 0 aromatic carbocycles. The number of aromatic nitrogens is 2. The van der Waals surface area contributed by atoms with Gasteiger partial charge in [0.25, 0.3) is 5.56 Å². The van der Waals surface area contributed by atoms with E-state index < -0.39 is 5.97 Å². The van der Waals surface area contributed by atoms with Crippen LogP contribution in [0.1, 0.15) is 5.56 Å². The summed E-state index contributed by atoms with van der Waals surface area (Å²) in [4.78, 5) is 27.0. The van der Waals surface area contributed by atoms with Gasteiger partial charge in [-0.25, -0.2) is 9.78 Å². The van der Waals surface area contributed by atoms with Gasteiger partial charge in [-0.2, -0.15) is 0 Å². The van der Waals surface area contributed by atoms with Crippen LogP contribution in [0.15, 0.2) is 41.5 Å². The molecule has 0 spiro atoms. The van der Waals surface area contributed by atoms with E-state index in [2.05, 4.69) is 9.72 Å². The Labute approximate surface area is 97.0 Å². The fourth-order valence-corrected chi connectivity index (χ4v) is 1.38. The van der Waals surface area contributed by atoms with Crippen LogP contribution in [0, 0.1) is 0 Å². The van der Waals surface area contributed by atoms with Gasteiger partial charge in [-0.3, -0.25) is 9.20 Å². The molecule has 5 heteroatoms. The second-order valence-electron chi connectivity index (χ2n) is 3.30. The zero-order valence-electron chi connectivity index (χ0n) is 9.16. The normalized spacial score (nSPS) is 10.9. The predicted molar refractivity (Wildman–Crippen MR) is 62.5 cm³/mol. The summed E-state index contributed by atoms with van der Waals surface area (Å²) in [5, 5.41) is 0. The van der Waals surface area contributed by atoms with Gasteiger partial charge in [0.1, 0.15) is 5.65 Å². The Hall–Kier alpha value is -2.43. The molecule has 5 nitrogen and oxygen atoms in total. The van der Waals surface area contributed by atoms with Crippen molar-refractivity contribution in [1.82, 2.24) is 9.38 Å². The van der Waals surface area contributed by atoms with E-state index >= 15 is 0 Å². The molecular formula is C12H10N2O3. The van der Waals surface area contributed by atoms with E-state index in [0.717, 1.165) is 0 Å². The number of hydrogen-bond donors (Lipinski definition) is 0. The third-order valence-corrected chi connectivity index (χ3v) is 2.24. The zero-order chi connectivity index (χ0) is 12.3. The fourth-order valence-electron chi connectivity index (χ4n) is 1.38. The molecule has 0 aliphatic heterocycles. The molecule has 0 saturated carbocycles. The van der Waals surface area contributed by atoms with Crippen LogP contribution in [0.3, 0.4) is 0 Å². The highest BCUT2D eigenvalue weighted by molar-refractivity contribution is 5.86. The van der Waals surface area contributed by atoms with Gasteiger partial charge in [-0.05, 0) is 18.2 Å². The Bertz CT molecular complexity index is 643. The number of esters is 1. The van der Waals surface area contributed by atoms with E-state index in [9.17, 15) is 9.59 Å². The van der Waals surface area contributed by atoms with E-state index in [1.165, 1.54) is 29.9 Å². The topological polar surface area (TPSA) is 60.7 Å². The summed E-state index contributed by atoms with van der Waals surface area (Å²) in [6, 6.07) is 5.27. The van der Waals surface area contributed by atoms with Crippen LogP contribution < -0.4 is 5.56 Å². The van der Waals surface area contributed by atoms with Crippen molar-refractivity contribution in [3.05, 3.63) is 52.6 Å². The minimum Gasteiger partial charge on any atom is -0.466 e. The van der Waals surface area contributed by atoms with Crippen molar-refractivity contribution in [2.75, 3.05) is 7.11 Å². The van der Waals surface area contributed by atoms with Crippen molar-refractivity contribution < 1.29 is 9.53 Å². The highest BCUT2D eigenvalue weighted by Gasteiger charge is 2.01. The number of ether oxygens (including phenoxy) is 1. The number of methoxy groups -OCH3 is 1. The van der Waals surface area contributed by atoms with Crippen LogP contribution in [0.25, 0.3) is 11.7 Å². The van der Waals surface area contributed by atoms with Crippen molar-refractivity contribution in [3.8, 4) is 0 Å². The third kappa shape index (κ3) is 2.23. The lowest BCUT2D eigenvalue weighted by Gasteiger charge is -1.99. The van der Waals surface area contributed by atoms with Crippen LogP contribution in [0.2, 0.25) is 0 Å². The smallest absolute Gasteiger partial charge is 0.330 e. The summed E-state index contributed by atoms with van der Waals surface area (Å²) < 4.78 is 5.86. The van der Waals surface area contributed by atoms with Gasteiger partial charge in [0.05, 0.1) is 12.7 Å². The molecule has 86 valence electrons. The van der Waals surface area contributed by atoms with E-state index in [4.69, 9.17) is 0 Å². The van der Waals surface area contributed by atoms with Gasteiger partial charge in [0.15, 0.2) is 0 Å². The van der Waals surface area contributed by atoms with Crippen LogP contribution >= 0.6 is 0 Å². The number of carbonyl (C=O) groups is 1. The summed E-state index contributed by atoms with van der Waals surface area (Å²) in [5.41, 5.74) is 0.669. The minimum atomic E-state index is -0.512.